The lowest BCUT2D eigenvalue weighted by molar-refractivity contribution is -0.143. The Morgan fingerprint density at radius 2 is 1.75 bits per heavy atom. The molecule has 1 amide bonds. The van der Waals surface area contributed by atoms with Gasteiger partial charge in [-0.25, -0.2) is 0 Å². The summed E-state index contributed by atoms with van der Waals surface area (Å²) in [4.78, 5) is 24.2. The third-order valence-corrected chi connectivity index (χ3v) is 2.48. The molecule has 0 aliphatic carbocycles. The number of rotatable bonds is 4. The van der Waals surface area contributed by atoms with Gasteiger partial charge in [-0.1, -0.05) is 0 Å². The van der Waals surface area contributed by atoms with Crippen LogP contribution in [-0.2, 0) is 15.7 Å². The summed E-state index contributed by atoms with van der Waals surface area (Å²) >= 11 is 0. The molecule has 0 bridgehead atoms. The van der Waals surface area contributed by atoms with E-state index < -0.39 is 23.6 Å². The number of esters is 1. The van der Waals surface area contributed by atoms with Crippen LogP contribution in [0.2, 0.25) is 0 Å². The first kappa shape index (κ1) is 16.0. The number of halogens is 3. The summed E-state index contributed by atoms with van der Waals surface area (Å²) in [5.74, 6) is -1.12. The Labute approximate surface area is 114 Å². The lowest BCUT2D eigenvalue weighted by atomic mass is 10.1. The smallest absolute Gasteiger partial charge is 0.416 e. The van der Waals surface area contributed by atoms with E-state index >= 15 is 0 Å². The predicted molar refractivity (Wildman–Crippen MR) is 65.0 cm³/mol. The van der Waals surface area contributed by atoms with Crippen LogP contribution < -0.4 is 0 Å². The molecule has 0 aliphatic heterocycles. The van der Waals surface area contributed by atoms with E-state index in [1.165, 1.54) is 7.05 Å². The number of ether oxygens (including phenoxy) is 1. The largest absolute Gasteiger partial charge is 0.465 e. The molecule has 1 aromatic carbocycles. The number of benzene rings is 1. The first-order chi connectivity index (χ1) is 9.25. The number of nitrogens with zero attached hydrogens (tertiary/aromatic N) is 1. The standard InChI is InChI=1S/C13H14F3NO3/c1-3-20-11(18)8-17(2)12(19)9-4-6-10(7-5-9)13(14,15)16/h4-7H,3,8H2,1-2H3. The number of carbonyl (C=O) groups excluding carboxylic acids is 2. The topological polar surface area (TPSA) is 46.6 Å². The zero-order valence-electron chi connectivity index (χ0n) is 11.0. The molecule has 4 nitrogen and oxygen atoms in total. The number of alkyl halides is 3. The van der Waals surface area contributed by atoms with Gasteiger partial charge in [-0.3, -0.25) is 9.59 Å². The van der Waals surface area contributed by atoms with E-state index in [4.69, 9.17) is 0 Å². The van der Waals surface area contributed by atoms with E-state index in [1.54, 1.807) is 6.92 Å². The zero-order chi connectivity index (χ0) is 15.3. The van der Waals surface area contributed by atoms with E-state index in [-0.39, 0.29) is 18.7 Å². The maximum Gasteiger partial charge on any atom is 0.416 e. The first-order valence-corrected chi connectivity index (χ1v) is 5.84. The van der Waals surface area contributed by atoms with Gasteiger partial charge in [0.2, 0.25) is 0 Å². The van der Waals surface area contributed by atoms with Crippen LogP contribution in [0.4, 0.5) is 13.2 Å². The number of hydrogen-bond donors (Lipinski definition) is 0. The molecular weight excluding hydrogens is 275 g/mol. The summed E-state index contributed by atoms with van der Waals surface area (Å²) in [7, 11) is 1.37. The Hall–Kier alpha value is -2.05. The SMILES string of the molecule is CCOC(=O)CN(C)C(=O)c1ccc(C(F)(F)F)cc1. The van der Waals surface area contributed by atoms with Crippen molar-refractivity contribution in [3.63, 3.8) is 0 Å². The second-order valence-electron chi connectivity index (χ2n) is 4.04. The molecular formula is C13H14F3NO3. The monoisotopic (exact) mass is 289 g/mol. The third-order valence-electron chi connectivity index (χ3n) is 2.48. The van der Waals surface area contributed by atoms with Crippen molar-refractivity contribution < 1.29 is 27.5 Å². The van der Waals surface area contributed by atoms with Crippen LogP contribution in [0.1, 0.15) is 22.8 Å². The molecule has 0 saturated heterocycles. The van der Waals surface area contributed by atoms with Crippen molar-refractivity contribution in [3.05, 3.63) is 35.4 Å². The highest BCUT2D eigenvalue weighted by atomic mass is 19.4. The summed E-state index contributed by atoms with van der Waals surface area (Å²) in [6, 6.07) is 3.80. The molecule has 0 saturated carbocycles. The van der Waals surface area contributed by atoms with Crippen LogP contribution in [-0.4, -0.2) is 37.0 Å². The van der Waals surface area contributed by atoms with Crippen molar-refractivity contribution in [3.8, 4) is 0 Å². The molecule has 7 heteroatoms. The molecule has 0 N–H and O–H groups in total. The highest BCUT2D eigenvalue weighted by molar-refractivity contribution is 5.95. The average Bonchev–Trinajstić information content (AvgIpc) is 2.37. The lowest BCUT2D eigenvalue weighted by Gasteiger charge is -2.16. The van der Waals surface area contributed by atoms with E-state index in [9.17, 15) is 22.8 Å². The summed E-state index contributed by atoms with van der Waals surface area (Å²) in [6.07, 6.45) is -4.45. The average molecular weight is 289 g/mol. The maximum absolute atomic E-state index is 12.4. The van der Waals surface area contributed by atoms with E-state index in [0.29, 0.717) is 0 Å². The molecule has 0 heterocycles. The minimum atomic E-state index is -4.45. The van der Waals surface area contributed by atoms with Gasteiger partial charge in [-0.15, -0.1) is 0 Å². The molecule has 0 aromatic heterocycles. The van der Waals surface area contributed by atoms with Gasteiger partial charge in [0.05, 0.1) is 12.2 Å². The normalized spacial score (nSPS) is 11.1. The van der Waals surface area contributed by atoms with Crippen molar-refractivity contribution in [1.82, 2.24) is 4.90 Å². The van der Waals surface area contributed by atoms with Crippen molar-refractivity contribution in [2.45, 2.75) is 13.1 Å². The molecule has 0 spiro atoms. The number of carbonyl (C=O) groups is 2. The van der Waals surface area contributed by atoms with E-state index in [2.05, 4.69) is 4.74 Å². The van der Waals surface area contributed by atoms with Gasteiger partial charge in [0, 0.05) is 12.6 Å². The number of likely N-dealkylation sites (N-methyl/N-ethyl adjacent to an activating group) is 1. The van der Waals surface area contributed by atoms with Crippen LogP contribution in [0.15, 0.2) is 24.3 Å². The Bertz CT molecular complexity index is 483. The number of amides is 1. The molecule has 0 fully saturated rings. The van der Waals surface area contributed by atoms with Crippen molar-refractivity contribution in [1.29, 1.82) is 0 Å². The highest BCUT2D eigenvalue weighted by Crippen LogP contribution is 2.29. The van der Waals surface area contributed by atoms with Crippen molar-refractivity contribution in [2.24, 2.45) is 0 Å². The highest BCUT2D eigenvalue weighted by Gasteiger charge is 2.30. The van der Waals surface area contributed by atoms with E-state index in [1.807, 2.05) is 0 Å². The first-order valence-electron chi connectivity index (χ1n) is 5.84. The lowest BCUT2D eigenvalue weighted by Crippen LogP contribution is -2.33. The van der Waals surface area contributed by atoms with Crippen molar-refractivity contribution >= 4 is 11.9 Å². The van der Waals surface area contributed by atoms with E-state index in [0.717, 1.165) is 29.2 Å². The van der Waals surface area contributed by atoms with Gasteiger partial charge in [0.25, 0.3) is 5.91 Å². The van der Waals surface area contributed by atoms with Crippen LogP contribution >= 0.6 is 0 Å². The van der Waals surface area contributed by atoms with Gasteiger partial charge in [-0.2, -0.15) is 13.2 Å². The second-order valence-corrected chi connectivity index (χ2v) is 4.04. The van der Waals surface area contributed by atoms with Crippen LogP contribution in [0.25, 0.3) is 0 Å². The van der Waals surface area contributed by atoms with Crippen LogP contribution in [0.3, 0.4) is 0 Å². The summed E-state index contributed by atoms with van der Waals surface area (Å²) < 4.78 is 41.8. The molecule has 0 radical (unpaired) electrons. The number of hydrogen-bond acceptors (Lipinski definition) is 3. The minimum Gasteiger partial charge on any atom is -0.465 e. The Kier molecular flexibility index (Phi) is 5.12. The third kappa shape index (κ3) is 4.25. The maximum atomic E-state index is 12.4. The van der Waals surface area contributed by atoms with Gasteiger partial charge in [0.1, 0.15) is 6.54 Å². The van der Waals surface area contributed by atoms with Gasteiger partial charge in [-0.05, 0) is 31.2 Å². The van der Waals surface area contributed by atoms with Gasteiger partial charge < -0.3 is 9.64 Å². The van der Waals surface area contributed by atoms with Crippen LogP contribution in [0, 0.1) is 0 Å². The summed E-state index contributed by atoms with van der Waals surface area (Å²) in [5.41, 5.74) is -0.758. The Morgan fingerprint density at radius 1 is 1.20 bits per heavy atom. The summed E-state index contributed by atoms with van der Waals surface area (Å²) in [6.45, 7) is 1.57. The zero-order valence-corrected chi connectivity index (χ0v) is 11.0. The molecule has 20 heavy (non-hydrogen) atoms. The van der Waals surface area contributed by atoms with Gasteiger partial charge >= 0.3 is 12.1 Å². The molecule has 0 aliphatic rings. The minimum absolute atomic E-state index is 0.0739. The summed E-state index contributed by atoms with van der Waals surface area (Å²) in [5, 5.41) is 0. The predicted octanol–water partition coefficient (Wildman–Crippen LogP) is 2.34. The fraction of sp³-hybridized carbons (Fsp3) is 0.385. The molecule has 1 aromatic rings. The van der Waals surface area contributed by atoms with Crippen LogP contribution in [0.5, 0.6) is 0 Å². The van der Waals surface area contributed by atoms with Gasteiger partial charge in [0.15, 0.2) is 0 Å². The quantitative estimate of drug-likeness (QED) is 0.799. The second kappa shape index (κ2) is 6.40. The molecule has 0 unspecified atom stereocenters. The molecule has 0 atom stereocenters. The fourth-order valence-electron chi connectivity index (χ4n) is 1.49. The molecule has 1 rings (SSSR count). The molecule has 110 valence electrons. The van der Waals surface area contributed by atoms with Crippen molar-refractivity contribution in [2.75, 3.05) is 20.2 Å². The Balaban J connectivity index is 2.75. The Morgan fingerprint density at radius 3 is 2.20 bits per heavy atom. The fourth-order valence-corrected chi connectivity index (χ4v) is 1.49.